The zero-order chi connectivity index (χ0) is 24.1. The van der Waals surface area contributed by atoms with Crippen LogP contribution in [0.5, 0.6) is 0 Å². The number of nitrogens with two attached hydrogens (primary N) is 1. The zero-order valence-corrected chi connectivity index (χ0v) is 18.8. The van der Waals surface area contributed by atoms with Crippen LogP contribution < -0.4 is 16.4 Å². The molecule has 0 aromatic heterocycles. The Labute approximate surface area is 186 Å². The summed E-state index contributed by atoms with van der Waals surface area (Å²) in [6.07, 6.45) is 0. The first-order valence-corrected chi connectivity index (χ1v) is 11.9. The highest BCUT2D eigenvalue weighted by Crippen LogP contribution is 2.20. The van der Waals surface area contributed by atoms with E-state index in [1.54, 1.807) is 13.8 Å². The van der Waals surface area contributed by atoms with Crippen LogP contribution in [0.25, 0.3) is 0 Å². The number of nitriles is 1. The third kappa shape index (κ3) is 6.56. The molecular weight excluding hydrogens is 456 g/mol. The van der Waals surface area contributed by atoms with Crippen LogP contribution in [0.2, 0.25) is 0 Å². The molecule has 0 spiro atoms. The maximum Gasteiger partial charge on any atom is 0.294 e. The Kier molecular flexibility index (Phi) is 7.65. The van der Waals surface area contributed by atoms with Crippen LogP contribution in [0, 0.1) is 11.3 Å². The van der Waals surface area contributed by atoms with E-state index in [0.29, 0.717) is 23.5 Å². The van der Waals surface area contributed by atoms with Crippen LogP contribution in [0.4, 0.5) is 11.4 Å². The Balaban J connectivity index is 2.17. The zero-order valence-electron chi connectivity index (χ0n) is 17.2. The third-order valence-electron chi connectivity index (χ3n) is 4.54. The number of anilines is 2. The van der Waals surface area contributed by atoms with E-state index in [2.05, 4.69) is 10.6 Å². The fourth-order valence-electron chi connectivity index (χ4n) is 2.60. The second-order valence-corrected chi connectivity index (χ2v) is 9.63. The molecule has 0 aliphatic heterocycles. The SMILES string of the molecule is C/C(CNc1ccc(S(=O)(=O)O)cc1)=C(C)/C(C#N)=C(\N)Nc1ccc(S(=O)(=O)O)cc1. The molecule has 2 aromatic rings. The Hall–Kier alpha value is -3.37. The Morgan fingerprint density at radius 1 is 0.906 bits per heavy atom. The number of hydrogen-bond donors (Lipinski definition) is 5. The number of hydrogen-bond acceptors (Lipinski definition) is 8. The lowest BCUT2D eigenvalue weighted by molar-refractivity contribution is 0.481. The summed E-state index contributed by atoms with van der Waals surface area (Å²) in [7, 11) is -8.58. The number of allylic oxidation sites excluding steroid dienone is 2. The molecule has 0 saturated carbocycles. The van der Waals surface area contributed by atoms with Gasteiger partial charge in [-0.25, -0.2) is 0 Å². The summed E-state index contributed by atoms with van der Waals surface area (Å²) in [4.78, 5) is -0.488. The standard InChI is InChI=1S/C20H22N4O6S2/c1-13(12-23-15-3-7-17(8-4-15)31(25,26)27)14(2)19(11-21)20(22)24-16-5-9-18(10-6-16)32(28,29)30/h3-10,23-24H,12,22H2,1-2H3,(H,25,26,27)(H,28,29,30)/b14-13-,20-19+. The van der Waals surface area contributed by atoms with Crippen molar-refractivity contribution in [2.24, 2.45) is 5.73 Å². The summed E-state index contributed by atoms with van der Waals surface area (Å²) < 4.78 is 62.5. The molecule has 0 heterocycles. The minimum Gasteiger partial charge on any atom is -0.384 e. The molecule has 0 fully saturated rings. The van der Waals surface area contributed by atoms with Crippen molar-refractivity contribution in [3.05, 3.63) is 71.1 Å². The molecule has 12 heteroatoms. The molecule has 0 unspecified atom stereocenters. The van der Waals surface area contributed by atoms with Crippen LogP contribution >= 0.6 is 0 Å². The molecule has 10 nitrogen and oxygen atoms in total. The second-order valence-electron chi connectivity index (χ2n) is 6.78. The molecule has 0 atom stereocenters. The van der Waals surface area contributed by atoms with Crippen LogP contribution in [-0.2, 0) is 20.2 Å². The predicted molar refractivity (Wildman–Crippen MR) is 120 cm³/mol. The maximum atomic E-state index is 11.1. The highest BCUT2D eigenvalue weighted by atomic mass is 32.2. The van der Waals surface area contributed by atoms with Crippen molar-refractivity contribution in [3.8, 4) is 6.07 Å². The van der Waals surface area contributed by atoms with Gasteiger partial charge in [0.1, 0.15) is 11.9 Å². The lowest BCUT2D eigenvalue weighted by Crippen LogP contribution is -2.14. The Morgan fingerprint density at radius 3 is 1.75 bits per heavy atom. The summed E-state index contributed by atoms with van der Waals surface area (Å²) in [6, 6.07) is 12.7. The quantitative estimate of drug-likeness (QED) is 0.215. The van der Waals surface area contributed by atoms with Crippen molar-refractivity contribution < 1.29 is 25.9 Å². The number of nitrogens with one attached hydrogen (secondary N) is 2. The van der Waals surface area contributed by atoms with E-state index in [4.69, 9.17) is 14.8 Å². The first kappa shape index (κ1) is 24.9. The molecule has 2 aromatic carbocycles. The van der Waals surface area contributed by atoms with Crippen molar-refractivity contribution in [1.29, 1.82) is 5.26 Å². The fraction of sp³-hybridized carbons (Fsp3) is 0.150. The monoisotopic (exact) mass is 478 g/mol. The van der Waals surface area contributed by atoms with E-state index in [0.717, 1.165) is 5.57 Å². The van der Waals surface area contributed by atoms with E-state index >= 15 is 0 Å². The van der Waals surface area contributed by atoms with Gasteiger partial charge in [-0.1, -0.05) is 0 Å². The lowest BCUT2D eigenvalue weighted by atomic mass is 10.0. The summed E-state index contributed by atoms with van der Waals surface area (Å²) in [6.45, 7) is 3.84. The molecule has 0 amide bonds. The first-order chi connectivity index (χ1) is 14.8. The molecular formula is C20H22N4O6S2. The van der Waals surface area contributed by atoms with Crippen LogP contribution in [0.1, 0.15) is 13.8 Å². The van der Waals surface area contributed by atoms with Crippen molar-refractivity contribution in [2.45, 2.75) is 23.6 Å². The van der Waals surface area contributed by atoms with Gasteiger partial charge in [0.15, 0.2) is 0 Å². The molecule has 0 radical (unpaired) electrons. The van der Waals surface area contributed by atoms with E-state index < -0.39 is 20.2 Å². The van der Waals surface area contributed by atoms with Crippen LogP contribution in [0.3, 0.4) is 0 Å². The Morgan fingerprint density at radius 2 is 1.34 bits per heavy atom. The first-order valence-electron chi connectivity index (χ1n) is 9.05. The molecule has 32 heavy (non-hydrogen) atoms. The highest BCUT2D eigenvalue weighted by molar-refractivity contribution is 7.86. The normalized spacial score (nSPS) is 13.5. The van der Waals surface area contributed by atoms with Crippen molar-refractivity contribution in [3.63, 3.8) is 0 Å². The van der Waals surface area contributed by atoms with Crippen LogP contribution in [0.15, 0.2) is 80.9 Å². The summed E-state index contributed by atoms with van der Waals surface area (Å²) in [5.41, 5.74) is 8.64. The lowest BCUT2D eigenvalue weighted by Gasteiger charge is -2.13. The average molecular weight is 479 g/mol. The van der Waals surface area contributed by atoms with Crippen molar-refractivity contribution >= 4 is 31.6 Å². The minimum atomic E-state index is -4.31. The van der Waals surface area contributed by atoms with Gasteiger partial charge in [-0.3, -0.25) is 9.11 Å². The molecule has 170 valence electrons. The van der Waals surface area contributed by atoms with Gasteiger partial charge in [-0.15, -0.1) is 0 Å². The fourth-order valence-corrected chi connectivity index (χ4v) is 3.56. The molecule has 0 bridgehead atoms. The second kappa shape index (κ2) is 9.84. The van der Waals surface area contributed by atoms with Gasteiger partial charge in [-0.05, 0) is 73.5 Å². The van der Waals surface area contributed by atoms with Gasteiger partial charge >= 0.3 is 0 Å². The largest absolute Gasteiger partial charge is 0.384 e. The minimum absolute atomic E-state index is 0.0569. The smallest absolute Gasteiger partial charge is 0.294 e. The average Bonchev–Trinajstić information content (AvgIpc) is 2.71. The van der Waals surface area contributed by atoms with E-state index in [-0.39, 0.29) is 21.2 Å². The predicted octanol–water partition coefficient (Wildman–Crippen LogP) is 2.73. The molecule has 2 rings (SSSR count). The topological polar surface area (TPSA) is 183 Å². The summed E-state index contributed by atoms with van der Waals surface area (Å²) in [5, 5.41) is 15.5. The Bertz CT molecular complexity index is 1310. The van der Waals surface area contributed by atoms with E-state index in [9.17, 15) is 22.1 Å². The highest BCUT2D eigenvalue weighted by Gasteiger charge is 2.12. The van der Waals surface area contributed by atoms with Crippen LogP contribution in [-0.4, -0.2) is 32.5 Å². The summed E-state index contributed by atoms with van der Waals surface area (Å²) >= 11 is 0. The van der Waals surface area contributed by atoms with Crippen molar-refractivity contribution in [2.75, 3.05) is 17.2 Å². The number of rotatable bonds is 8. The van der Waals surface area contributed by atoms with Gasteiger partial charge in [0, 0.05) is 17.9 Å². The molecule has 0 aliphatic rings. The molecule has 6 N–H and O–H groups in total. The number of benzene rings is 2. The van der Waals surface area contributed by atoms with Gasteiger partial charge in [0.25, 0.3) is 20.2 Å². The van der Waals surface area contributed by atoms with Gasteiger partial charge in [0.05, 0.1) is 15.4 Å². The third-order valence-corrected chi connectivity index (χ3v) is 6.27. The van der Waals surface area contributed by atoms with E-state index in [1.165, 1.54) is 48.5 Å². The summed E-state index contributed by atoms with van der Waals surface area (Å²) in [5.74, 6) is 0.0569. The maximum absolute atomic E-state index is 11.1. The van der Waals surface area contributed by atoms with Gasteiger partial charge < -0.3 is 16.4 Å². The number of nitrogens with zero attached hydrogens (tertiary/aromatic N) is 1. The molecule has 0 saturated heterocycles. The van der Waals surface area contributed by atoms with E-state index in [1.807, 2.05) is 6.07 Å². The molecule has 0 aliphatic carbocycles. The van der Waals surface area contributed by atoms with Crippen molar-refractivity contribution in [1.82, 2.24) is 0 Å². The van der Waals surface area contributed by atoms with Gasteiger partial charge in [0.2, 0.25) is 0 Å². The van der Waals surface area contributed by atoms with Gasteiger partial charge in [-0.2, -0.15) is 22.1 Å².